The third-order valence-electron chi connectivity index (χ3n) is 9.59. The highest BCUT2D eigenvalue weighted by Crippen LogP contribution is 2.72. The average Bonchev–Trinajstić information content (AvgIpc) is 2.91. The van der Waals surface area contributed by atoms with Crippen LogP contribution in [0.3, 0.4) is 0 Å². The fourth-order valence-electron chi connectivity index (χ4n) is 8.02. The quantitative estimate of drug-likeness (QED) is 0.526. The Labute approximate surface area is 172 Å². The molecule has 0 amide bonds. The van der Waals surface area contributed by atoms with E-state index in [2.05, 4.69) is 38.6 Å². The van der Waals surface area contributed by atoms with Gasteiger partial charge in [0.25, 0.3) is 0 Å². The number of ether oxygens (including phenoxy) is 1. The molecule has 2 aliphatic heterocycles. The number of thiol groups is 1. The van der Waals surface area contributed by atoms with Crippen LogP contribution in [0.2, 0.25) is 0 Å². The van der Waals surface area contributed by atoms with Crippen LogP contribution in [0.1, 0.15) is 65.2 Å². The van der Waals surface area contributed by atoms with E-state index >= 15 is 0 Å². The van der Waals surface area contributed by atoms with Gasteiger partial charge in [-0.15, -0.1) is 12.6 Å². The number of allylic oxidation sites excluding steroid dienone is 1. The molecule has 0 radical (unpaired) electrons. The lowest BCUT2D eigenvalue weighted by molar-refractivity contribution is -0.142. The molecule has 1 N–H and O–H groups in total. The van der Waals surface area contributed by atoms with E-state index in [9.17, 15) is 14.7 Å². The largest absolute Gasteiger partial charge is 0.486 e. The van der Waals surface area contributed by atoms with Gasteiger partial charge in [0.1, 0.15) is 11.9 Å². The Kier molecular flexibility index (Phi) is 3.96. The maximum absolute atomic E-state index is 12.8. The second-order valence-electron chi connectivity index (χ2n) is 10.2. The second kappa shape index (κ2) is 5.90. The highest BCUT2D eigenvalue weighted by Gasteiger charge is 2.67. The van der Waals surface area contributed by atoms with Gasteiger partial charge in [-0.05, 0) is 87.2 Å². The summed E-state index contributed by atoms with van der Waals surface area (Å²) in [5.74, 6) is 1.95. The Morgan fingerprint density at radius 1 is 1.18 bits per heavy atom. The fourth-order valence-corrected chi connectivity index (χ4v) is 8.50. The minimum atomic E-state index is -0.819. The van der Waals surface area contributed by atoms with Crippen LogP contribution < -0.4 is 0 Å². The lowest BCUT2D eigenvalue weighted by atomic mass is 9.45. The van der Waals surface area contributed by atoms with E-state index in [1.807, 2.05) is 0 Å². The summed E-state index contributed by atoms with van der Waals surface area (Å²) < 4.78 is 6.03. The first-order chi connectivity index (χ1) is 13.2. The topological polar surface area (TPSA) is 63.6 Å². The van der Waals surface area contributed by atoms with Gasteiger partial charge in [0.15, 0.2) is 5.12 Å². The third-order valence-corrected chi connectivity index (χ3v) is 10.0. The first kappa shape index (κ1) is 18.8. The van der Waals surface area contributed by atoms with Crippen molar-refractivity contribution in [2.24, 2.45) is 34.0 Å². The molecule has 2 bridgehead atoms. The van der Waals surface area contributed by atoms with Crippen molar-refractivity contribution < 1.29 is 19.4 Å². The minimum absolute atomic E-state index is 0.0241. The summed E-state index contributed by atoms with van der Waals surface area (Å²) in [4.78, 5) is 24.1. The van der Waals surface area contributed by atoms with E-state index in [0.29, 0.717) is 24.2 Å². The van der Waals surface area contributed by atoms with E-state index in [-0.39, 0.29) is 28.5 Å². The Bertz CT molecular complexity index is 815. The molecule has 3 fully saturated rings. The van der Waals surface area contributed by atoms with Gasteiger partial charge in [-0.1, -0.05) is 12.5 Å². The van der Waals surface area contributed by atoms with Crippen molar-refractivity contribution >= 4 is 23.7 Å². The highest BCUT2D eigenvalue weighted by atomic mass is 32.1. The molecule has 3 saturated carbocycles. The zero-order valence-electron chi connectivity index (χ0n) is 16.7. The van der Waals surface area contributed by atoms with Gasteiger partial charge >= 0.3 is 5.97 Å². The van der Waals surface area contributed by atoms with Crippen molar-refractivity contribution in [2.75, 3.05) is 0 Å². The van der Waals surface area contributed by atoms with Crippen molar-refractivity contribution in [3.8, 4) is 0 Å². The maximum Gasteiger partial charge on any atom is 0.303 e. The zero-order valence-corrected chi connectivity index (χ0v) is 17.6. The molecule has 0 aromatic carbocycles. The number of carboxylic acids is 1. The van der Waals surface area contributed by atoms with Gasteiger partial charge in [-0.25, -0.2) is 0 Å². The summed E-state index contributed by atoms with van der Waals surface area (Å²) in [6.45, 7) is 4.64. The number of carboxylic acid groups (broad SMARTS) is 1. The molecule has 4 nitrogen and oxygen atoms in total. The minimum Gasteiger partial charge on any atom is -0.486 e. The summed E-state index contributed by atoms with van der Waals surface area (Å²) >= 11 is 4.31. The van der Waals surface area contributed by atoms with Crippen LogP contribution in [0.4, 0.5) is 0 Å². The lowest BCUT2D eigenvalue weighted by Gasteiger charge is -2.61. The van der Waals surface area contributed by atoms with Gasteiger partial charge in [0.05, 0.1) is 0 Å². The first-order valence-electron chi connectivity index (χ1n) is 10.8. The molecule has 7 atom stereocenters. The number of fused-ring (bicyclic) bond motifs is 3. The van der Waals surface area contributed by atoms with Crippen molar-refractivity contribution in [1.82, 2.24) is 0 Å². The molecule has 5 heteroatoms. The number of hydrogen-bond donors (Lipinski definition) is 2. The van der Waals surface area contributed by atoms with E-state index < -0.39 is 11.4 Å². The lowest BCUT2D eigenvalue weighted by Crippen LogP contribution is -2.55. The Morgan fingerprint density at radius 2 is 1.89 bits per heavy atom. The molecular formula is C23H30O4S. The number of rotatable bonds is 4. The average molecular weight is 403 g/mol. The van der Waals surface area contributed by atoms with E-state index in [1.165, 1.54) is 12.2 Å². The van der Waals surface area contributed by atoms with Crippen LogP contribution >= 0.6 is 12.6 Å². The molecule has 6 aliphatic rings. The fraction of sp³-hybridized carbons (Fsp3) is 0.739. The van der Waals surface area contributed by atoms with Crippen LogP contribution in [0.5, 0.6) is 0 Å². The zero-order chi connectivity index (χ0) is 19.9. The molecule has 1 unspecified atom stereocenters. The molecule has 2 heterocycles. The molecule has 0 saturated heterocycles. The predicted molar refractivity (Wildman–Crippen MR) is 109 cm³/mol. The molecule has 0 spiro atoms. The summed E-state index contributed by atoms with van der Waals surface area (Å²) in [5, 5.41) is 9.18. The van der Waals surface area contributed by atoms with E-state index in [4.69, 9.17) is 4.74 Å². The van der Waals surface area contributed by atoms with Crippen LogP contribution in [0, 0.1) is 34.0 Å². The van der Waals surface area contributed by atoms with Gasteiger partial charge in [0, 0.05) is 17.3 Å². The number of carbonyl (C=O) groups excluding carboxylic acids is 1. The summed E-state index contributed by atoms with van der Waals surface area (Å²) in [5.41, 5.74) is 0.847. The highest BCUT2D eigenvalue weighted by molar-refractivity contribution is 7.96. The van der Waals surface area contributed by atoms with Gasteiger partial charge in [-0.2, -0.15) is 0 Å². The Morgan fingerprint density at radius 3 is 2.57 bits per heavy atom. The summed E-state index contributed by atoms with van der Waals surface area (Å²) in [6, 6.07) is 0. The van der Waals surface area contributed by atoms with Crippen LogP contribution in [-0.2, 0) is 14.3 Å². The van der Waals surface area contributed by atoms with Crippen molar-refractivity contribution in [3.05, 3.63) is 23.5 Å². The molecule has 28 heavy (non-hydrogen) atoms. The first-order valence-corrected chi connectivity index (χ1v) is 11.2. The van der Waals surface area contributed by atoms with Crippen molar-refractivity contribution in [2.45, 2.75) is 71.3 Å². The molecular weight excluding hydrogens is 372 g/mol. The summed E-state index contributed by atoms with van der Waals surface area (Å²) in [6.07, 6.45) is 11.4. The van der Waals surface area contributed by atoms with Gasteiger partial charge in [0.2, 0.25) is 0 Å². The van der Waals surface area contributed by atoms with Crippen molar-refractivity contribution in [3.63, 3.8) is 0 Å². The SMILES string of the molecule is C[C@@]12C(=CC3C=C1O3)CC[C@@H]1[C@@H]2CC[C@@]2(C)[C@H]1CC[C@]2(CCC(=O)O)C(=O)S. The molecule has 4 aliphatic carbocycles. The van der Waals surface area contributed by atoms with Gasteiger partial charge < -0.3 is 9.84 Å². The van der Waals surface area contributed by atoms with Crippen LogP contribution in [0.25, 0.3) is 0 Å². The smallest absolute Gasteiger partial charge is 0.303 e. The molecule has 0 aromatic heterocycles. The number of hydrogen-bond acceptors (Lipinski definition) is 3. The van der Waals surface area contributed by atoms with E-state index in [1.54, 1.807) is 5.57 Å². The number of carbonyl (C=O) groups is 2. The van der Waals surface area contributed by atoms with Gasteiger partial charge in [-0.3, -0.25) is 9.59 Å². The van der Waals surface area contributed by atoms with Crippen LogP contribution in [0.15, 0.2) is 23.5 Å². The number of aliphatic carboxylic acids is 1. The third kappa shape index (κ3) is 2.15. The predicted octanol–water partition coefficient (Wildman–Crippen LogP) is 4.76. The molecule has 0 aromatic rings. The second-order valence-corrected chi connectivity index (χ2v) is 10.6. The van der Waals surface area contributed by atoms with Crippen molar-refractivity contribution in [1.29, 1.82) is 0 Å². The Hall–Kier alpha value is -1.23. The summed E-state index contributed by atoms with van der Waals surface area (Å²) in [7, 11) is 0. The maximum atomic E-state index is 12.8. The monoisotopic (exact) mass is 402 g/mol. The Balaban J connectivity index is 1.49. The molecule has 6 rings (SSSR count). The van der Waals surface area contributed by atoms with E-state index in [0.717, 1.165) is 32.1 Å². The molecule has 152 valence electrons. The normalized spacial score (nSPS) is 48.1. The van der Waals surface area contributed by atoms with Crippen LogP contribution in [-0.4, -0.2) is 22.3 Å². The standard InChI is InChI=1S/C23H30O4S/c1-21-8-5-17-15(4-3-13-11-14-12-18(27-14)22(13,17)2)16(21)6-9-23(21,20(26)28)10-7-19(24)25/h11-12,14-17H,3-10H2,1-2H3,(H,24,25)(H,26,28)/t14?,15-,16-,17-,21-,22-,23-/m0/s1.